The molecule has 0 aliphatic carbocycles. The number of rotatable bonds is 6. The summed E-state index contributed by atoms with van der Waals surface area (Å²) in [7, 11) is 1.63. The molecule has 1 saturated heterocycles. The molecule has 1 aliphatic heterocycles. The minimum atomic E-state index is -0.0413. The minimum Gasteiger partial charge on any atom is -0.359 e. The van der Waals surface area contributed by atoms with E-state index >= 15 is 0 Å². The lowest BCUT2D eigenvalue weighted by molar-refractivity contribution is -0.132. The van der Waals surface area contributed by atoms with Gasteiger partial charge in [-0.2, -0.15) is 0 Å². The van der Waals surface area contributed by atoms with E-state index in [-0.39, 0.29) is 17.7 Å². The number of piperidine rings is 1. The van der Waals surface area contributed by atoms with E-state index in [1.54, 1.807) is 7.05 Å². The first kappa shape index (κ1) is 21.0. The molecule has 0 saturated carbocycles. The predicted molar refractivity (Wildman–Crippen MR) is 113 cm³/mol. The number of hydrogen-bond donors (Lipinski definition) is 1. The van der Waals surface area contributed by atoms with Crippen molar-refractivity contribution in [1.82, 2.24) is 20.2 Å². The number of aryl methyl sites for hydroxylation is 3. The maximum absolute atomic E-state index is 12.7. The second-order valence-corrected chi connectivity index (χ2v) is 7.75. The first-order chi connectivity index (χ1) is 14.0. The van der Waals surface area contributed by atoms with Gasteiger partial charge in [0.15, 0.2) is 0 Å². The molecule has 2 aromatic rings. The summed E-state index contributed by atoms with van der Waals surface area (Å²) in [6.07, 6.45) is 3.53. The van der Waals surface area contributed by atoms with Gasteiger partial charge in [0, 0.05) is 49.4 Å². The van der Waals surface area contributed by atoms with Gasteiger partial charge in [0.05, 0.1) is 6.42 Å². The standard InChI is InChI=1S/C23H30N4O2/c1-16-20(14-21(28)24-3)17(2)26-23(25-16)19-10-7-13-27(15-19)22(29)12-11-18-8-5-4-6-9-18/h4-6,8-9,19H,7,10-15H2,1-3H3,(H,24,28). The van der Waals surface area contributed by atoms with Gasteiger partial charge in [0.25, 0.3) is 0 Å². The van der Waals surface area contributed by atoms with Crippen molar-refractivity contribution in [3.8, 4) is 0 Å². The summed E-state index contributed by atoms with van der Waals surface area (Å²) in [5.41, 5.74) is 3.78. The summed E-state index contributed by atoms with van der Waals surface area (Å²) < 4.78 is 0. The van der Waals surface area contributed by atoms with E-state index in [1.165, 1.54) is 5.56 Å². The fraction of sp³-hybridized carbons (Fsp3) is 0.478. The molecule has 6 nitrogen and oxygen atoms in total. The molecule has 1 atom stereocenters. The monoisotopic (exact) mass is 394 g/mol. The van der Waals surface area contributed by atoms with Gasteiger partial charge in [-0.15, -0.1) is 0 Å². The molecule has 0 radical (unpaired) electrons. The van der Waals surface area contributed by atoms with Crippen LogP contribution in [0.1, 0.15) is 53.5 Å². The Labute approximate surface area is 172 Å². The molecule has 29 heavy (non-hydrogen) atoms. The molecule has 2 amide bonds. The molecule has 2 heterocycles. The van der Waals surface area contributed by atoms with Crippen molar-refractivity contribution in [2.24, 2.45) is 0 Å². The summed E-state index contributed by atoms with van der Waals surface area (Å²) in [6, 6.07) is 10.1. The number of benzene rings is 1. The zero-order valence-corrected chi connectivity index (χ0v) is 17.6. The van der Waals surface area contributed by atoms with E-state index < -0.39 is 0 Å². The van der Waals surface area contributed by atoms with Crippen LogP contribution in [0.2, 0.25) is 0 Å². The maximum Gasteiger partial charge on any atom is 0.224 e. The first-order valence-electron chi connectivity index (χ1n) is 10.3. The van der Waals surface area contributed by atoms with Crippen molar-refractivity contribution >= 4 is 11.8 Å². The van der Waals surface area contributed by atoms with Gasteiger partial charge in [0.1, 0.15) is 5.82 Å². The van der Waals surface area contributed by atoms with Gasteiger partial charge in [-0.25, -0.2) is 9.97 Å². The molecule has 1 unspecified atom stereocenters. The van der Waals surface area contributed by atoms with Crippen molar-refractivity contribution < 1.29 is 9.59 Å². The second kappa shape index (κ2) is 9.63. The lowest BCUT2D eigenvalue weighted by Gasteiger charge is -2.32. The van der Waals surface area contributed by atoms with Gasteiger partial charge in [-0.05, 0) is 38.7 Å². The van der Waals surface area contributed by atoms with Crippen LogP contribution >= 0.6 is 0 Å². The predicted octanol–water partition coefficient (Wildman–Crippen LogP) is 2.72. The Bertz CT molecular complexity index is 843. The Hall–Kier alpha value is -2.76. The van der Waals surface area contributed by atoms with Crippen LogP contribution in [-0.2, 0) is 22.4 Å². The highest BCUT2D eigenvalue weighted by atomic mass is 16.2. The van der Waals surface area contributed by atoms with Crippen LogP contribution in [0.4, 0.5) is 0 Å². The highest BCUT2D eigenvalue weighted by Crippen LogP contribution is 2.26. The van der Waals surface area contributed by atoms with Crippen molar-refractivity contribution in [2.75, 3.05) is 20.1 Å². The zero-order chi connectivity index (χ0) is 20.8. The third-order valence-electron chi connectivity index (χ3n) is 5.66. The van der Waals surface area contributed by atoms with E-state index in [0.29, 0.717) is 19.4 Å². The van der Waals surface area contributed by atoms with E-state index in [1.807, 2.05) is 36.9 Å². The molecule has 0 spiro atoms. The fourth-order valence-corrected chi connectivity index (χ4v) is 3.92. The molecular formula is C23H30N4O2. The maximum atomic E-state index is 12.7. The van der Waals surface area contributed by atoms with Gasteiger partial charge < -0.3 is 10.2 Å². The minimum absolute atomic E-state index is 0.0413. The Balaban J connectivity index is 1.65. The average molecular weight is 395 g/mol. The summed E-state index contributed by atoms with van der Waals surface area (Å²) >= 11 is 0. The number of carbonyl (C=O) groups is 2. The van der Waals surface area contributed by atoms with Crippen LogP contribution in [0.25, 0.3) is 0 Å². The third kappa shape index (κ3) is 5.40. The summed E-state index contributed by atoms with van der Waals surface area (Å²) in [6.45, 7) is 5.34. The summed E-state index contributed by atoms with van der Waals surface area (Å²) in [5, 5.41) is 2.65. The van der Waals surface area contributed by atoms with Crippen LogP contribution < -0.4 is 5.32 Å². The smallest absolute Gasteiger partial charge is 0.224 e. The molecule has 6 heteroatoms. The third-order valence-corrected chi connectivity index (χ3v) is 5.66. The van der Waals surface area contributed by atoms with Gasteiger partial charge in [0.2, 0.25) is 11.8 Å². The molecule has 1 aromatic heterocycles. The fourth-order valence-electron chi connectivity index (χ4n) is 3.92. The lowest BCUT2D eigenvalue weighted by atomic mass is 9.95. The molecule has 1 aliphatic rings. The molecule has 1 fully saturated rings. The van der Waals surface area contributed by atoms with Gasteiger partial charge in [-0.1, -0.05) is 30.3 Å². The Morgan fingerprint density at radius 1 is 1.14 bits per heavy atom. The quantitative estimate of drug-likeness (QED) is 0.817. The number of nitrogens with zero attached hydrogens (tertiary/aromatic N) is 3. The number of nitrogens with one attached hydrogen (secondary N) is 1. The summed E-state index contributed by atoms with van der Waals surface area (Å²) in [5.74, 6) is 1.10. The van der Waals surface area contributed by atoms with Crippen LogP contribution in [-0.4, -0.2) is 46.8 Å². The van der Waals surface area contributed by atoms with Crippen LogP contribution in [0, 0.1) is 13.8 Å². The van der Waals surface area contributed by atoms with Crippen molar-refractivity contribution in [3.05, 3.63) is 58.7 Å². The molecule has 1 N–H and O–H groups in total. The number of aromatic nitrogens is 2. The zero-order valence-electron chi connectivity index (χ0n) is 17.6. The van der Waals surface area contributed by atoms with Crippen molar-refractivity contribution in [3.63, 3.8) is 0 Å². The first-order valence-corrected chi connectivity index (χ1v) is 10.3. The van der Waals surface area contributed by atoms with Crippen molar-refractivity contribution in [1.29, 1.82) is 0 Å². The SMILES string of the molecule is CNC(=O)Cc1c(C)nc(C2CCCN(C(=O)CCc3ccccc3)C2)nc1C. The normalized spacial score (nSPS) is 16.5. The van der Waals surface area contributed by atoms with Crippen molar-refractivity contribution in [2.45, 2.75) is 51.9 Å². The number of likely N-dealkylation sites (tertiary alicyclic amines) is 1. The van der Waals surface area contributed by atoms with Crippen LogP contribution in [0.15, 0.2) is 30.3 Å². The largest absolute Gasteiger partial charge is 0.359 e. The number of carbonyl (C=O) groups excluding carboxylic acids is 2. The Morgan fingerprint density at radius 2 is 1.83 bits per heavy atom. The summed E-state index contributed by atoms with van der Waals surface area (Å²) in [4.78, 5) is 35.8. The highest BCUT2D eigenvalue weighted by Gasteiger charge is 2.27. The number of likely N-dealkylation sites (N-methyl/N-ethyl adjacent to an activating group) is 1. The van der Waals surface area contributed by atoms with E-state index in [4.69, 9.17) is 9.97 Å². The van der Waals surface area contributed by atoms with Gasteiger partial charge in [-0.3, -0.25) is 9.59 Å². The van der Waals surface area contributed by atoms with Gasteiger partial charge >= 0.3 is 0 Å². The van der Waals surface area contributed by atoms with E-state index in [9.17, 15) is 9.59 Å². The second-order valence-electron chi connectivity index (χ2n) is 7.75. The van der Waals surface area contributed by atoms with E-state index in [2.05, 4.69) is 17.4 Å². The number of amides is 2. The topological polar surface area (TPSA) is 75.2 Å². The van der Waals surface area contributed by atoms with Crippen LogP contribution in [0.5, 0.6) is 0 Å². The lowest BCUT2D eigenvalue weighted by Crippen LogP contribution is -2.39. The van der Waals surface area contributed by atoms with E-state index in [0.717, 1.165) is 48.6 Å². The molecular weight excluding hydrogens is 364 g/mol. The number of hydrogen-bond acceptors (Lipinski definition) is 4. The molecule has 0 bridgehead atoms. The van der Waals surface area contributed by atoms with Crippen LogP contribution in [0.3, 0.4) is 0 Å². The Kier molecular flexibility index (Phi) is 6.96. The molecule has 1 aromatic carbocycles. The Morgan fingerprint density at radius 3 is 2.48 bits per heavy atom. The molecule has 3 rings (SSSR count). The molecule has 154 valence electrons. The highest BCUT2D eigenvalue weighted by molar-refractivity contribution is 5.78. The average Bonchev–Trinajstić information content (AvgIpc) is 2.75.